The van der Waals surface area contributed by atoms with Crippen molar-refractivity contribution in [1.29, 1.82) is 0 Å². The highest BCUT2D eigenvalue weighted by molar-refractivity contribution is 7.91. The smallest absolute Gasteiger partial charge is 0.358 e. The summed E-state index contributed by atoms with van der Waals surface area (Å²) < 4.78 is 31.7. The Morgan fingerprint density at radius 1 is 1.38 bits per heavy atom. The summed E-state index contributed by atoms with van der Waals surface area (Å²) in [4.78, 5) is 15.3. The quantitative estimate of drug-likeness (QED) is 0.751. The Kier molecular flexibility index (Phi) is 5.94. The summed E-state index contributed by atoms with van der Waals surface area (Å²) in [5.41, 5.74) is 4.38. The molecule has 10 heteroatoms. The minimum Gasteiger partial charge on any atom is -0.464 e. The molecule has 0 radical (unpaired) electrons. The number of carbonyl (C=O) groups is 1. The lowest BCUT2D eigenvalue weighted by Crippen LogP contribution is -2.24. The van der Waals surface area contributed by atoms with Crippen LogP contribution in [0, 0.1) is 0 Å². The lowest BCUT2D eigenvalue weighted by molar-refractivity contribution is 0.0590. The van der Waals surface area contributed by atoms with E-state index in [-0.39, 0.29) is 28.9 Å². The Hall–Kier alpha value is -1.52. The lowest BCUT2D eigenvalue weighted by Gasteiger charge is -2.07. The summed E-state index contributed by atoms with van der Waals surface area (Å²) in [5.74, 6) is -0.768. The maximum atomic E-state index is 12.4. The van der Waals surface area contributed by atoms with Gasteiger partial charge in [-0.05, 0) is 16.7 Å². The van der Waals surface area contributed by atoms with Crippen molar-refractivity contribution in [3.05, 3.63) is 46.1 Å². The summed E-state index contributed by atoms with van der Waals surface area (Å²) in [6.45, 7) is 1.77. The van der Waals surface area contributed by atoms with Gasteiger partial charge in [0.1, 0.15) is 0 Å². The third-order valence-corrected chi connectivity index (χ3v) is 6.30. The van der Waals surface area contributed by atoms with Crippen molar-refractivity contribution in [1.82, 2.24) is 15.0 Å². The second-order valence-electron chi connectivity index (χ2n) is 5.01. The van der Waals surface area contributed by atoms with Gasteiger partial charge in [-0.3, -0.25) is 0 Å². The number of carbonyl (C=O) groups excluding carboxylic acids is 1. The van der Waals surface area contributed by atoms with Crippen LogP contribution in [0.2, 0.25) is 0 Å². The highest BCUT2D eigenvalue weighted by atomic mass is 35.5. The van der Waals surface area contributed by atoms with E-state index < -0.39 is 16.0 Å². The van der Waals surface area contributed by atoms with E-state index in [1.807, 2.05) is 18.2 Å². The topological polar surface area (TPSA) is 97.4 Å². The van der Waals surface area contributed by atoms with Gasteiger partial charge < -0.3 is 10.1 Å². The number of aromatic nitrogens is 1. The zero-order valence-corrected chi connectivity index (χ0v) is 15.2. The monoisotopic (exact) mass is 389 g/mol. The molecule has 0 aliphatic carbocycles. The van der Waals surface area contributed by atoms with Crippen LogP contribution in [-0.4, -0.2) is 26.5 Å². The number of methoxy groups -OCH3 is 1. The minimum absolute atomic E-state index is 0. The number of fused-ring (bicyclic) bond motifs is 1. The van der Waals surface area contributed by atoms with Crippen LogP contribution >= 0.6 is 23.7 Å². The lowest BCUT2D eigenvalue weighted by atomic mass is 10.1. The first-order valence-electron chi connectivity index (χ1n) is 6.84. The molecule has 1 aliphatic rings. The summed E-state index contributed by atoms with van der Waals surface area (Å²) in [6.07, 6.45) is 0. The number of sulfonamides is 1. The van der Waals surface area contributed by atoms with Gasteiger partial charge in [0.2, 0.25) is 0 Å². The molecule has 1 aromatic heterocycles. The fourth-order valence-electron chi connectivity index (χ4n) is 2.36. The van der Waals surface area contributed by atoms with Crippen molar-refractivity contribution in [2.45, 2.75) is 23.8 Å². The summed E-state index contributed by atoms with van der Waals surface area (Å²) in [5, 5.41) is 3.24. The fraction of sp³-hybridized carbons (Fsp3) is 0.286. The van der Waals surface area contributed by atoms with E-state index in [0.717, 1.165) is 30.0 Å². The van der Waals surface area contributed by atoms with Crippen molar-refractivity contribution in [3.8, 4) is 0 Å². The predicted octanol–water partition coefficient (Wildman–Crippen LogP) is 1.43. The normalized spacial score (nSPS) is 13.2. The highest BCUT2D eigenvalue weighted by Crippen LogP contribution is 2.21. The number of nitrogens with zero attached hydrogens (tertiary/aromatic N) is 1. The fourth-order valence-corrected chi connectivity index (χ4v) is 4.55. The molecule has 2 N–H and O–H groups in total. The van der Waals surface area contributed by atoms with Gasteiger partial charge in [-0.1, -0.05) is 18.2 Å². The first kappa shape index (κ1) is 18.8. The van der Waals surface area contributed by atoms with Crippen LogP contribution < -0.4 is 10.0 Å². The van der Waals surface area contributed by atoms with Crippen molar-refractivity contribution in [3.63, 3.8) is 0 Å². The number of esters is 1. The summed E-state index contributed by atoms with van der Waals surface area (Å²) >= 11 is 0.883. The van der Waals surface area contributed by atoms with Crippen LogP contribution in [0.4, 0.5) is 0 Å². The number of benzene rings is 1. The average molecular weight is 390 g/mol. The van der Waals surface area contributed by atoms with Crippen molar-refractivity contribution in [2.24, 2.45) is 0 Å². The Bertz CT molecular complexity index is 851. The number of hydrogen-bond acceptors (Lipinski definition) is 7. The first-order valence-corrected chi connectivity index (χ1v) is 9.20. The van der Waals surface area contributed by atoms with Gasteiger partial charge in [-0.15, -0.1) is 23.7 Å². The van der Waals surface area contributed by atoms with Gasteiger partial charge in [0.25, 0.3) is 10.0 Å². The Morgan fingerprint density at radius 3 is 2.88 bits per heavy atom. The van der Waals surface area contributed by atoms with E-state index in [1.54, 1.807) is 0 Å². The van der Waals surface area contributed by atoms with Crippen LogP contribution in [0.25, 0.3) is 0 Å². The second kappa shape index (κ2) is 7.58. The molecule has 1 aliphatic heterocycles. The van der Waals surface area contributed by atoms with E-state index >= 15 is 0 Å². The van der Waals surface area contributed by atoms with Gasteiger partial charge in [-0.2, -0.15) is 0 Å². The number of thiazole rings is 1. The van der Waals surface area contributed by atoms with E-state index in [1.165, 1.54) is 23.7 Å². The van der Waals surface area contributed by atoms with Crippen molar-refractivity contribution >= 4 is 39.7 Å². The Balaban J connectivity index is 0.00000208. The molecule has 130 valence electrons. The van der Waals surface area contributed by atoms with E-state index in [2.05, 4.69) is 19.8 Å². The SMILES string of the molecule is COC(=O)c1ncsc1S(=O)(=O)NCc1ccc2c(c1)CNC2.Cl. The largest absolute Gasteiger partial charge is 0.464 e. The van der Waals surface area contributed by atoms with Gasteiger partial charge >= 0.3 is 5.97 Å². The molecule has 24 heavy (non-hydrogen) atoms. The molecule has 0 saturated heterocycles. The Morgan fingerprint density at radius 2 is 2.12 bits per heavy atom. The van der Waals surface area contributed by atoms with Crippen LogP contribution in [-0.2, 0) is 34.4 Å². The van der Waals surface area contributed by atoms with Crippen molar-refractivity contribution < 1.29 is 17.9 Å². The van der Waals surface area contributed by atoms with Gasteiger partial charge in [0.15, 0.2) is 9.90 Å². The Labute approximate surface area is 149 Å². The number of halogens is 1. The van der Waals surface area contributed by atoms with Crippen LogP contribution in [0.1, 0.15) is 27.2 Å². The molecule has 1 aromatic carbocycles. The molecule has 7 nitrogen and oxygen atoms in total. The van der Waals surface area contributed by atoms with E-state index in [4.69, 9.17) is 0 Å². The van der Waals surface area contributed by atoms with Crippen LogP contribution in [0.5, 0.6) is 0 Å². The molecule has 0 atom stereocenters. The number of nitrogens with one attached hydrogen (secondary N) is 2. The van der Waals surface area contributed by atoms with Crippen LogP contribution in [0.3, 0.4) is 0 Å². The zero-order valence-electron chi connectivity index (χ0n) is 12.7. The average Bonchev–Trinajstić information content (AvgIpc) is 3.20. The summed E-state index contributed by atoms with van der Waals surface area (Å²) in [6, 6.07) is 5.86. The third-order valence-electron chi connectivity index (χ3n) is 3.53. The highest BCUT2D eigenvalue weighted by Gasteiger charge is 2.26. The minimum atomic E-state index is -3.83. The molecular weight excluding hydrogens is 374 g/mol. The molecule has 0 saturated carbocycles. The molecule has 3 rings (SSSR count). The zero-order chi connectivity index (χ0) is 16.4. The molecule has 0 fully saturated rings. The summed E-state index contributed by atoms with van der Waals surface area (Å²) in [7, 11) is -2.64. The molecule has 0 amide bonds. The molecule has 2 aromatic rings. The van der Waals surface area contributed by atoms with E-state index in [9.17, 15) is 13.2 Å². The third kappa shape index (κ3) is 3.76. The van der Waals surface area contributed by atoms with Gasteiger partial charge in [-0.25, -0.2) is 22.9 Å². The van der Waals surface area contributed by atoms with E-state index in [0.29, 0.717) is 0 Å². The van der Waals surface area contributed by atoms with Gasteiger partial charge in [0, 0.05) is 19.6 Å². The molecule has 0 spiro atoms. The first-order chi connectivity index (χ1) is 11.0. The number of ether oxygens (including phenoxy) is 1. The predicted molar refractivity (Wildman–Crippen MR) is 91.7 cm³/mol. The molecule has 2 heterocycles. The number of rotatable bonds is 5. The maximum absolute atomic E-state index is 12.4. The molecule has 0 unspecified atom stereocenters. The standard InChI is InChI=1S/C14H15N3O4S2.ClH/c1-21-13(18)12-14(22-8-16-12)23(19,20)17-5-9-2-3-10-6-15-7-11(10)4-9;/h2-4,8,15,17H,5-7H2,1H3;1H. The maximum Gasteiger partial charge on any atom is 0.358 e. The van der Waals surface area contributed by atoms with Crippen molar-refractivity contribution in [2.75, 3.05) is 7.11 Å². The van der Waals surface area contributed by atoms with Gasteiger partial charge in [0.05, 0.1) is 12.6 Å². The second-order valence-corrected chi connectivity index (χ2v) is 7.83. The number of hydrogen-bond donors (Lipinski definition) is 2. The van der Waals surface area contributed by atoms with Crippen LogP contribution in [0.15, 0.2) is 27.9 Å². The molecule has 0 bridgehead atoms. The molecular formula is C14H16ClN3O4S2.